The van der Waals surface area contributed by atoms with E-state index in [0.29, 0.717) is 46.8 Å². The van der Waals surface area contributed by atoms with E-state index in [4.69, 9.17) is 34.7 Å². The number of aliphatic hydroxyl groups is 1. The van der Waals surface area contributed by atoms with Crippen molar-refractivity contribution in [1.29, 1.82) is 0 Å². The van der Waals surface area contributed by atoms with Gasteiger partial charge >= 0.3 is 0 Å². The minimum Gasteiger partial charge on any atom is -0.391 e. The molecule has 4 heterocycles. The van der Waals surface area contributed by atoms with Gasteiger partial charge in [0.1, 0.15) is 22.9 Å². The second-order valence-corrected chi connectivity index (χ2v) is 24.3. The Morgan fingerprint density at radius 1 is 0.893 bits per heavy atom. The van der Waals surface area contributed by atoms with E-state index in [1.165, 1.54) is 16.7 Å². The molecule has 2 saturated heterocycles. The summed E-state index contributed by atoms with van der Waals surface area (Å²) in [7, 11) is 0. The highest BCUT2D eigenvalue weighted by molar-refractivity contribution is 7.99. The van der Waals surface area contributed by atoms with Crippen molar-refractivity contribution < 1.29 is 24.3 Å². The molecular formula is C56H80Cl2N10O5S2. The van der Waals surface area contributed by atoms with E-state index < -0.39 is 23.6 Å². The van der Waals surface area contributed by atoms with Crippen LogP contribution in [-0.4, -0.2) is 99.5 Å². The third kappa shape index (κ3) is 17.5. The summed E-state index contributed by atoms with van der Waals surface area (Å²) < 4.78 is 0. The number of nitrogens with zero attached hydrogens (tertiary/aromatic N) is 5. The number of rotatable bonds is 27. The Bertz CT molecular complexity index is 2500. The van der Waals surface area contributed by atoms with Crippen LogP contribution in [0.5, 0.6) is 0 Å². The van der Waals surface area contributed by atoms with Crippen LogP contribution in [0.15, 0.2) is 64.1 Å². The summed E-state index contributed by atoms with van der Waals surface area (Å²) in [5, 5.41) is 21.3. The van der Waals surface area contributed by atoms with Crippen molar-refractivity contribution in [1.82, 2.24) is 35.8 Å². The SMILES string of the molecule is Cc1ncsc1-c1ccc(C(C)NC(=O)C2CC(O)CN2C(=O)C(NC(=O)CCCCCCCCCCNC(=O)CCCCCC2(CN)CCN(c3cnc(Sc4cccc(Cl)c4Cl)c(N)n3)CC2)C(C)(C)C)cc1. The number of hydrogen-bond acceptors (Lipinski definition) is 13. The van der Waals surface area contributed by atoms with Crippen LogP contribution in [0.1, 0.15) is 154 Å². The van der Waals surface area contributed by atoms with Gasteiger partial charge < -0.3 is 42.3 Å². The number of aliphatic hydroxyl groups excluding tert-OH is 1. The monoisotopic (exact) mass is 1110 g/mol. The second-order valence-electron chi connectivity index (χ2n) is 21.6. The molecule has 8 N–H and O–H groups in total. The Hall–Kier alpha value is -4.52. The molecular weight excluding hydrogens is 1030 g/mol. The van der Waals surface area contributed by atoms with Gasteiger partial charge in [-0.1, -0.05) is 137 Å². The summed E-state index contributed by atoms with van der Waals surface area (Å²) in [6.45, 7) is 12.6. The first kappa shape index (κ1) is 59.7. The van der Waals surface area contributed by atoms with Crippen molar-refractivity contribution >= 4 is 81.6 Å². The van der Waals surface area contributed by atoms with Crippen LogP contribution in [0.3, 0.4) is 0 Å². The molecule has 4 atom stereocenters. The van der Waals surface area contributed by atoms with Gasteiger partial charge in [-0.05, 0) is 93.0 Å². The summed E-state index contributed by atoms with van der Waals surface area (Å²) in [6.07, 6.45) is 15.8. The lowest BCUT2D eigenvalue weighted by molar-refractivity contribution is -0.144. The molecule has 2 aromatic heterocycles. The van der Waals surface area contributed by atoms with Crippen LogP contribution in [0.25, 0.3) is 10.4 Å². The van der Waals surface area contributed by atoms with Gasteiger partial charge in [-0.25, -0.2) is 15.0 Å². The molecule has 0 radical (unpaired) electrons. The molecule has 2 fully saturated rings. The summed E-state index contributed by atoms with van der Waals surface area (Å²) in [4.78, 5) is 72.7. The Labute approximate surface area is 462 Å². The van der Waals surface area contributed by atoms with Crippen LogP contribution in [-0.2, 0) is 19.2 Å². The largest absolute Gasteiger partial charge is 0.391 e. The second kappa shape index (κ2) is 28.7. The van der Waals surface area contributed by atoms with E-state index in [9.17, 15) is 24.3 Å². The number of hydrogen-bond donors (Lipinski definition) is 6. The predicted octanol–water partition coefficient (Wildman–Crippen LogP) is 10.4. The molecule has 2 aromatic carbocycles. The number of aromatic nitrogens is 3. The fraction of sp³-hybridized carbons (Fsp3) is 0.589. The zero-order valence-electron chi connectivity index (χ0n) is 44.6. The number of halogens is 2. The lowest BCUT2D eigenvalue weighted by Crippen LogP contribution is -2.57. The number of unbranched alkanes of at least 4 members (excludes halogenated alkanes) is 9. The van der Waals surface area contributed by atoms with Crippen molar-refractivity contribution in [3.05, 3.63) is 75.5 Å². The van der Waals surface area contributed by atoms with Crippen LogP contribution < -0.4 is 32.3 Å². The summed E-state index contributed by atoms with van der Waals surface area (Å²) >= 11 is 15.5. The third-order valence-electron chi connectivity index (χ3n) is 14.8. The lowest BCUT2D eigenvalue weighted by atomic mass is 9.74. The van der Waals surface area contributed by atoms with Crippen molar-refractivity contribution in [2.24, 2.45) is 16.6 Å². The minimum atomic E-state index is -0.853. The lowest BCUT2D eigenvalue weighted by Gasteiger charge is -2.42. The van der Waals surface area contributed by atoms with E-state index in [0.717, 1.165) is 135 Å². The molecule has 0 saturated carbocycles. The number of carbonyl (C=O) groups is 4. The molecule has 410 valence electrons. The van der Waals surface area contributed by atoms with Gasteiger partial charge in [0.25, 0.3) is 0 Å². The normalized spacial score (nSPS) is 17.4. The Morgan fingerprint density at radius 2 is 1.55 bits per heavy atom. The number of carbonyl (C=O) groups excluding carboxylic acids is 4. The average Bonchev–Trinajstić information content (AvgIpc) is 4.01. The number of aryl methyl sites for hydroxylation is 1. The molecule has 0 spiro atoms. The quantitative estimate of drug-likeness (QED) is 0.0307. The smallest absolute Gasteiger partial charge is 0.246 e. The molecule has 2 aliphatic rings. The molecule has 4 amide bonds. The van der Waals surface area contributed by atoms with Crippen molar-refractivity contribution in [2.45, 2.75) is 178 Å². The summed E-state index contributed by atoms with van der Waals surface area (Å²) in [5.74, 6) is 0.348. The predicted molar refractivity (Wildman–Crippen MR) is 304 cm³/mol. The number of thiazole rings is 1. The Morgan fingerprint density at radius 3 is 2.19 bits per heavy atom. The number of amides is 4. The minimum absolute atomic E-state index is 0.0296. The number of nitrogens with two attached hydrogens (primary N) is 2. The number of β-amino-alcohol motifs (C(OH)–C–C–N with tert-alkyl or cyclic N) is 1. The molecule has 0 aliphatic carbocycles. The summed E-state index contributed by atoms with van der Waals surface area (Å²) in [5.41, 5.74) is 16.9. The fourth-order valence-electron chi connectivity index (χ4n) is 10.0. The molecule has 6 rings (SSSR count). The molecule has 4 unspecified atom stereocenters. The first-order chi connectivity index (χ1) is 35.9. The Balaban J connectivity index is 0.782. The zero-order chi connectivity index (χ0) is 54.1. The maximum absolute atomic E-state index is 14.1. The van der Waals surface area contributed by atoms with Crippen molar-refractivity contribution in [2.75, 3.05) is 43.4 Å². The van der Waals surface area contributed by atoms with Crippen LogP contribution >= 0.6 is 46.3 Å². The topological polar surface area (TPSA) is 222 Å². The van der Waals surface area contributed by atoms with E-state index in [2.05, 4.69) is 35.8 Å². The molecule has 75 heavy (non-hydrogen) atoms. The van der Waals surface area contributed by atoms with Gasteiger partial charge in [0.2, 0.25) is 23.6 Å². The molecule has 0 bridgehead atoms. The first-order valence-electron chi connectivity index (χ1n) is 26.9. The fourth-order valence-corrected chi connectivity index (χ4v) is 12.1. The van der Waals surface area contributed by atoms with Gasteiger partial charge in [0.15, 0.2) is 5.82 Å². The third-order valence-corrected chi connectivity index (χ3v) is 17.8. The zero-order valence-corrected chi connectivity index (χ0v) is 47.8. The highest BCUT2D eigenvalue weighted by Gasteiger charge is 2.45. The summed E-state index contributed by atoms with van der Waals surface area (Å²) in [6, 6.07) is 11.4. The highest BCUT2D eigenvalue weighted by atomic mass is 35.5. The number of likely N-dealkylation sites (tertiary alicyclic amines) is 1. The van der Waals surface area contributed by atoms with E-state index in [1.807, 2.05) is 76.5 Å². The molecule has 15 nitrogen and oxygen atoms in total. The Kier molecular flexibility index (Phi) is 22.9. The van der Waals surface area contributed by atoms with Gasteiger partial charge in [0, 0.05) is 50.3 Å². The average molecular weight is 1110 g/mol. The number of nitrogen functional groups attached to an aromatic ring is 1. The van der Waals surface area contributed by atoms with Crippen LogP contribution in [0.4, 0.5) is 11.6 Å². The van der Waals surface area contributed by atoms with Crippen LogP contribution in [0.2, 0.25) is 10.0 Å². The highest BCUT2D eigenvalue weighted by Crippen LogP contribution is 2.40. The van der Waals surface area contributed by atoms with Crippen molar-refractivity contribution in [3.8, 4) is 10.4 Å². The maximum Gasteiger partial charge on any atom is 0.246 e. The number of benzene rings is 2. The van der Waals surface area contributed by atoms with Crippen LogP contribution in [0, 0.1) is 17.8 Å². The number of anilines is 2. The standard InChI is InChI=1S/C56H80Cl2N10O5S2/c1-37(39-22-24-40(25-23-39)49-38(2)63-36-74-49)64-52(72)43-32-41(69)34-68(43)54(73)50(55(3,4)5)66-47(71)21-13-10-8-6-7-9-11-16-29-61-46(70)20-14-12-15-26-56(35-59)27-30-67(31-28-56)45-33-62-53(51(60)65-45)75-44-19-17-18-42(57)48(44)58/h17-19,22-25,33,36-37,41,43,50,69H,6-16,20-21,26-32,34-35,59H2,1-5H3,(H2,60,65)(H,61,70)(H,64,72)(H,66,71). The van der Waals surface area contributed by atoms with Gasteiger partial charge in [-0.15, -0.1) is 11.3 Å². The maximum atomic E-state index is 14.1. The number of piperidine rings is 1. The van der Waals surface area contributed by atoms with E-state index in [-0.39, 0.29) is 48.1 Å². The molecule has 2 aliphatic heterocycles. The van der Waals surface area contributed by atoms with Crippen molar-refractivity contribution in [3.63, 3.8) is 0 Å². The van der Waals surface area contributed by atoms with Gasteiger partial charge in [0.05, 0.1) is 44.5 Å². The molecule has 19 heteroatoms. The number of nitrogens with one attached hydrogen (secondary N) is 3. The van der Waals surface area contributed by atoms with Gasteiger partial charge in [-0.3, -0.25) is 19.2 Å². The first-order valence-corrected chi connectivity index (χ1v) is 29.4. The van der Waals surface area contributed by atoms with E-state index in [1.54, 1.807) is 23.6 Å². The van der Waals surface area contributed by atoms with Gasteiger partial charge in [-0.2, -0.15) is 0 Å². The molecule has 4 aromatic rings. The van der Waals surface area contributed by atoms with E-state index >= 15 is 0 Å².